The normalized spacial score (nSPS) is 10.6. The maximum Gasteiger partial charge on any atom is 0.285 e. The second-order valence-corrected chi connectivity index (χ2v) is 6.07. The number of aromatic nitrogens is 1. The van der Waals surface area contributed by atoms with Crippen LogP contribution in [0.25, 0.3) is 10.2 Å². The molecule has 0 fully saturated rings. The fraction of sp³-hybridized carbons (Fsp3) is 0.125. The molecule has 0 bridgehead atoms. The highest BCUT2D eigenvalue weighted by Crippen LogP contribution is 2.30. The Balaban J connectivity index is 1.93. The summed E-state index contributed by atoms with van der Waals surface area (Å²) in [6.45, 7) is 1.60. The van der Waals surface area contributed by atoms with Crippen molar-refractivity contribution < 1.29 is 14.5 Å². The van der Waals surface area contributed by atoms with Crippen molar-refractivity contribution in [2.24, 2.45) is 0 Å². The van der Waals surface area contributed by atoms with Crippen LogP contribution in [-0.2, 0) is 0 Å². The number of nitrogens with one attached hydrogen (secondary N) is 1. The Bertz CT molecular complexity index is 952. The molecule has 0 saturated carbocycles. The van der Waals surface area contributed by atoms with E-state index in [1.54, 1.807) is 38.3 Å². The van der Waals surface area contributed by atoms with Gasteiger partial charge in [-0.15, -0.1) is 0 Å². The minimum Gasteiger partial charge on any atom is -0.497 e. The van der Waals surface area contributed by atoms with Gasteiger partial charge in [-0.05, 0) is 31.2 Å². The summed E-state index contributed by atoms with van der Waals surface area (Å²) in [5, 5.41) is 14.2. The Morgan fingerprint density at radius 3 is 2.83 bits per heavy atom. The first-order chi connectivity index (χ1) is 11.5. The van der Waals surface area contributed by atoms with Crippen LogP contribution in [0, 0.1) is 17.0 Å². The van der Waals surface area contributed by atoms with Crippen molar-refractivity contribution in [1.29, 1.82) is 0 Å². The summed E-state index contributed by atoms with van der Waals surface area (Å²) in [5.74, 6) is 0.134. The van der Waals surface area contributed by atoms with Crippen LogP contribution in [0.15, 0.2) is 36.4 Å². The second-order valence-electron chi connectivity index (χ2n) is 5.03. The summed E-state index contributed by atoms with van der Waals surface area (Å²) in [4.78, 5) is 27.4. The van der Waals surface area contributed by atoms with E-state index >= 15 is 0 Å². The van der Waals surface area contributed by atoms with Crippen LogP contribution in [-0.4, -0.2) is 22.9 Å². The van der Waals surface area contributed by atoms with Crippen molar-refractivity contribution in [3.63, 3.8) is 0 Å². The summed E-state index contributed by atoms with van der Waals surface area (Å²) in [6, 6.07) is 10.0. The highest BCUT2D eigenvalue weighted by molar-refractivity contribution is 7.22. The number of nitro benzene ring substituents is 1. The van der Waals surface area contributed by atoms with E-state index in [1.165, 1.54) is 17.4 Å². The van der Waals surface area contributed by atoms with Gasteiger partial charge >= 0.3 is 0 Å². The van der Waals surface area contributed by atoms with Gasteiger partial charge in [0.05, 0.1) is 22.2 Å². The predicted molar refractivity (Wildman–Crippen MR) is 92.0 cm³/mol. The van der Waals surface area contributed by atoms with Crippen molar-refractivity contribution in [1.82, 2.24) is 4.98 Å². The van der Waals surface area contributed by atoms with Gasteiger partial charge in [-0.1, -0.05) is 23.5 Å². The number of hydrogen-bond acceptors (Lipinski definition) is 6. The van der Waals surface area contributed by atoms with Gasteiger partial charge in [0.1, 0.15) is 11.3 Å². The average Bonchev–Trinajstić information content (AvgIpc) is 2.95. The Morgan fingerprint density at radius 2 is 2.12 bits per heavy atom. The Hall–Kier alpha value is -3.00. The summed E-state index contributed by atoms with van der Waals surface area (Å²) in [5.41, 5.74) is 0.964. The molecule has 7 nitrogen and oxygen atoms in total. The second kappa shape index (κ2) is 6.25. The molecule has 0 unspecified atom stereocenters. The smallest absolute Gasteiger partial charge is 0.285 e. The Morgan fingerprint density at radius 1 is 1.33 bits per heavy atom. The molecule has 0 atom stereocenters. The zero-order chi connectivity index (χ0) is 17.3. The van der Waals surface area contributed by atoms with E-state index in [4.69, 9.17) is 4.74 Å². The maximum absolute atomic E-state index is 12.4. The monoisotopic (exact) mass is 343 g/mol. The van der Waals surface area contributed by atoms with E-state index in [-0.39, 0.29) is 11.3 Å². The fourth-order valence-corrected chi connectivity index (χ4v) is 3.22. The highest BCUT2D eigenvalue weighted by Gasteiger charge is 2.23. The molecule has 2 aromatic carbocycles. The molecule has 8 heteroatoms. The number of anilines is 1. The number of para-hydroxylation sites is 1. The first-order valence-electron chi connectivity index (χ1n) is 6.99. The molecule has 3 rings (SSSR count). The van der Waals surface area contributed by atoms with Gasteiger partial charge in [0.25, 0.3) is 11.6 Å². The van der Waals surface area contributed by atoms with Gasteiger partial charge in [0, 0.05) is 5.56 Å². The number of carbonyl (C=O) groups excluding carboxylic acids is 1. The number of ether oxygens (including phenoxy) is 1. The molecule has 122 valence electrons. The molecule has 1 heterocycles. The highest BCUT2D eigenvalue weighted by atomic mass is 32.1. The lowest BCUT2D eigenvalue weighted by molar-refractivity contribution is -0.385. The summed E-state index contributed by atoms with van der Waals surface area (Å²) >= 11 is 1.28. The molecule has 0 aliphatic carbocycles. The lowest BCUT2D eigenvalue weighted by Gasteiger charge is -2.04. The molecular formula is C16H13N3O4S. The topological polar surface area (TPSA) is 94.4 Å². The van der Waals surface area contributed by atoms with Gasteiger partial charge in [-0.25, -0.2) is 4.98 Å². The van der Waals surface area contributed by atoms with E-state index in [1.807, 2.05) is 6.07 Å². The van der Waals surface area contributed by atoms with Crippen LogP contribution < -0.4 is 10.1 Å². The maximum atomic E-state index is 12.4. The lowest BCUT2D eigenvalue weighted by Crippen LogP contribution is -2.14. The van der Waals surface area contributed by atoms with Crippen molar-refractivity contribution in [3.05, 3.63) is 57.6 Å². The summed E-state index contributed by atoms with van der Waals surface area (Å²) in [7, 11) is 1.57. The number of nitrogens with zero attached hydrogens (tertiary/aromatic N) is 2. The number of nitro groups is 1. The van der Waals surface area contributed by atoms with Crippen LogP contribution in [0.2, 0.25) is 0 Å². The quantitative estimate of drug-likeness (QED) is 0.575. The van der Waals surface area contributed by atoms with E-state index < -0.39 is 10.8 Å². The van der Waals surface area contributed by atoms with E-state index in [2.05, 4.69) is 10.3 Å². The van der Waals surface area contributed by atoms with Gasteiger partial charge < -0.3 is 4.74 Å². The molecule has 0 aliphatic rings. The molecular weight excluding hydrogens is 330 g/mol. The molecule has 0 saturated heterocycles. The zero-order valence-corrected chi connectivity index (χ0v) is 13.7. The van der Waals surface area contributed by atoms with Crippen LogP contribution >= 0.6 is 11.3 Å². The Kier molecular flexibility index (Phi) is 4.13. The number of rotatable bonds is 4. The van der Waals surface area contributed by atoms with Crippen LogP contribution in [0.4, 0.5) is 10.8 Å². The van der Waals surface area contributed by atoms with E-state index in [9.17, 15) is 14.9 Å². The molecule has 3 aromatic rings. The molecule has 0 spiro atoms. The fourth-order valence-electron chi connectivity index (χ4n) is 2.33. The number of hydrogen-bond donors (Lipinski definition) is 1. The SMILES string of the molecule is COc1ccc2nc(NC(=O)c3cccc(C)c3[N+](=O)[O-])sc2c1. The van der Waals surface area contributed by atoms with Crippen LogP contribution in [0.3, 0.4) is 0 Å². The van der Waals surface area contributed by atoms with Gasteiger partial charge in [0.2, 0.25) is 0 Å². The number of fused-ring (bicyclic) bond motifs is 1. The van der Waals surface area contributed by atoms with E-state index in [0.29, 0.717) is 16.4 Å². The van der Waals surface area contributed by atoms with Crippen molar-refractivity contribution >= 4 is 38.3 Å². The summed E-state index contributed by atoms with van der Waals surface area (Å²) in [6.07, 6.45) is 0. The van der Waals surface area contributed by atoms with Gasteiger partial charge in [0.15, 0.2) is 5.13 Å². The zero-order valence-electron chi connectivity index (χ0n) is 12.9. The molecule has 0 radical (unpaired) electrons. The largest absolute Gasteiger partial charge is 0.497 e. The Labute approximate surface area is 141 Å². The lowest BCUT2D eigenvalue weighted by atomic mass is 10.1. The number of thiazole rings is 1. The van der Waals surface area contributed by atoms with Crippen molar-refractivity contribution in [2.45, 2.75) is 6.92 Å². The first kappa shape index (κ1) is 15.9. The molecule has 0 aliphatic heterocycles. The predicted octanol–water partition coefficient (Wildman–Crippen LogP) is 3.77. The van der Waals surface area contributed by atoms with Crippen LogP contribution in [0.5, 0.6) is 5.75 Å². The summed E-state index contributed by atoms with van der Waals surface area (Å²) < 4.78 is 6.00. The number of benzene rings is 2. The number of methoxy groups -OCH3 is 1. The minimum atomic E-state index is -0.559. The standard InChI is InChI=1S/C16H13N3O4S/c1-9-4-3-5-11(14(9)19(21)22)15(20)18-16-17-12-7-6-10(23-2)8-13(12)24-16/h3-8H,1-2H3,(H,17,18,20). The molecule has 1 N–H and O–H groups in total. The molecule has 1 aromatic heterocycles. The number of aryl methyl sites for hydroxylation is 1. The number of amides is 1. The number of carbonyl (C=O) groups is 1. The molecule has 24 heavy (non-hydrogen) atoms. The molecule has 1 amide bonds. The van der Waals surface area contributed by atoms with Crippen molar-refractivity contribution in [2.75, 3.05) is 12.4 Å². The minimum absolute atomic E-state index is 0.0110. The third-order valence-corrected chi connectivity index (χ3v) is 4.41. The van der Waals surface area contributed by atoms with Crippen molar-refractivity contribution in [3.8, 4) is 5.75 Å². The van der Waals surface area contributed by atoms with Gasteiger partial charge in [-0.2, -0.15) is 0 Å². The van der Waals surface area contributed by atoms with Gasteiger partial charge in [-0.3, -0.25) is 20.2 Å². The third-order valence-electron chi connectivity index (χ3n) is 3.48. The first-order valence-corrected chi connectivity index (χ1v) is 7.81. The van der Waals surface area contributed by atoms with Crippen LogP contribution in [0.1, 0.15) is 15.9 Å². The average molecular weight is 343 g/mol. The third kappa shape index (κ3) is 2.91. The van der Waals surface area contributed by atoms with E-state index in [0.717, 1.165) is 10.2 Å².